The Morgan fingerprint density at radius 1 is 1.15 bits per heavy atom. The highest BCUT2D eigenvalue weighted by Crippen LogP contribution is 2.00. The Labute approximate surface area is 82.3 Å². The molecule has 0 rings (SSSR count). The maximum absolute atomic E-state index is 8.80. The molecule has 2 heteroatoms. The fourth-order valence-electron chi connectivity index (χ4n) is 1.27. The predicted molar refractivity (Wildman–Crippen MR) is 56.5 cm³/mol. The normalized spacial score (nSPS) is 12.4. The first-order chi connectivity index (χ1) is 6.35. The van der Waals surface area contributed by atoms with Gasteiger partial charge in [0.25, 0.3) is 0 Å². The summed E-state index contributed by atoms with van der Waals surface area (Å²) in [6.07, 6.45) is 7.03. The molecule has 0 bridgehead atoms. The number of nitrogens with zero attached hydrogens (tertiary/aromatic N) is 1. The van der Waals surface area contributed by atoms with E-state index in [1.54, 1.807) is 0 Å². The molecular weight excluding hydrogens is 160 g/mol. The third-order valence-corrected chi connectivity index (χ3v) is 2.17. The monoisotopic (exact) mass is 182 g/mol. The molecule has 0 saturated carbocycles. The van der Waals surface area contributed by atoms with E-state index < -0.39 is 0 Å². The van der Waals surface area contributed by atoms with E-state index in [0.29, 0.717) is 0 Å². The SMILES string of the molecule is CCCCCNC(C#N)CCCC. The van der Waals surface area contributed by atoms with Crippen LogP contribution in [-0.2, 0) is 0 Å². The van der Waals surface area contributed by atoms with E-state index in [2.05, 4.69) is 25.2 Å². The average molecular weight is 182 g/mol. The third-order valence-electron chi connectivity index (χ3n) is 2.17. The van der Waals surface area contributed by atoms with Gasteiger partial charge in [0, 0.05) is 0 Å². The first kappa shape index (κ1) is 12.4. The van der Waals surface area contributed by atoms with E-state index >= 15 is 0 Å². The Balaban J connectivity index is 3.32. The van der Waals surface area contributed by atoms with E-state index in [9.17, 15) is 0 Å². The number of nitriles is 1. The van der Waals surface area contributed by atoms with E-state index in [-0.39, 0.29) is 6.04 Å². The minimum atomic E-state index is 0.0804. The molecule has 0 spiro atoms. The zero-order valence-electron chi connectivity index (χ0n) is 8.97. The van der Waals surface area contributed by atoms with Gasteiger partial charge in [-0.15, -0.1) is 0 Å². The van der Waals surface area contributed by atoms with Gasteiger partial charge in [-0.25, -0.2) is 0 Å². The molecule has 0 radical (unpaired) electrons. The summed E-state index contributed by atoms with van der Waals surface area (Å²) in [7, 11) is 0. The fraction of sp³-hybridized carbons (Fsp3) is 0.909. The zero-order chi connectivity index (χ0) is 9.94. The van der Waals surface area contributed by atoms with Crippen LogP contribution in [0.3, 0.4) is 0 Å². The van der Waals surface area contributed by atoms with Gasteiger partial charge in [-0.05, 0) is 19.4 Å². The average Bonchev–Trinajstić information content (AvgIpc) is 2.17. The minimum Gasteiger partial charge on any atom is -0.302 e. The maximum Gasteiger partial charge on any atom is 0.0952 e. The number of hydrogen-bond donors (Lipinski definition) is 1. The van der Waals surface area contributed by atoms with Crippen LogP contribution in [0.2, 0.25) is 0 Å². The van der Waals surface area contributed by atoms with Gasteiger partial charge >= 0.3 is 0 Å². The number of rotatable bonds is 8. The summed E-state index contributed by atoms with van der Waals surface area (Å²) in [5.41, 5.74) is 0. The largest absolute Gasteiger partial charge is 0.302 e. The van der Waals surface area contributed by atoms with Crippen molar-refractivity contribution in [3.8, 4) is 6.07 Å². The van der Waals surface area contributed by atoms with Crippen molar-refractivity contribution in [1.82, 2.24) is 5.32 Å². The summed E-state index contributed by atoms with van der Waals surface area (Å²) < 4.78 is 0. The zero-order valence-corrected chi connectivity index (χ0v) is 8.97. The van der Waals surface area contributed by atoms with Gasteiger partial charge in [0.2, 0.25) is 0 Å². The molecule has 0 aliphatic rings. The molecule has 0 aromatic rings. The van der Waals surface area contributed by atoms with Gasteiger partial charge in [0.1, 0.15) is 0 Å². The van der Waals surface area contributed by atoms with Crippen LogP contribution in [0.15, 0.2) is 0 Å². The van der Waals surface area contributed by atoms with E-state index in [0.717, 1.165) is 19.4 Å². The molecule has 0 amide bonds. The molecule has 0 fully saturated rings. The van der Waals surface area contributed by atoms with Crippen LogP contribution in [0.1, 0.15) is 52.4 Å². The molecule has 0 aromatic carbocycles. The lowest BCUT2D eigenvalue weighted by Gasteiger charge is -2.09. The van der Waals surface area contributed by atoms with Crippen molar-refractivity contribution in [3.05, 3.63) is 0 Å². The Morgan fingerprint density at radius 2 is 1.85 bits per heavy atom. The molecule has 1 unspecified atom stereocenters. The molecule has 0 heterocycles. The Hall–Kier alpha value is -0.550. The molecule has 0 saturated heterocycles. The van der Waals surface area contributed by atoms with Gasteiger partial charge in [-0.3, -0.25) is 0 Å². The molecule has 1 atom stereocenters. The molecule has 13 heavy (non-hydrogen) atoms. The second kappa shape index (κ2) is 9.54. The van der Waals surface area contributed by atoms with Crippen LogP contribution < -0.4 is 5.32 Å². The summed E-state index contributed by atoms with van der Waals surface area (Å²) >= 11 is 0. The van der Waals surface area contributed by atoms with Crippen molar-refractivity contribution in [3.63, 3.8) is 0 Å². The lowest BCUT2D eigenvalue weighted by atomic mass is 10.1. The Morgan fingerprint density at radius 3 is 2.38 bits per heavy atom. The standard InChI is InChI=1S/C11H22N2/c1-3-5-7-9-13-11(10-12)8-6-4-2/h11,13H,3-9H2,1-2H3. The lowest BCUT2D eigenvalue weighted by molar-refractivity contribution is 0.523. The third kappa shape index (κ3) is 7.80. The topological polar surface area (TPSA) is 35.8 Å². The van der Waals surface area contributed by atoms with Crippen molar-refractivity contribution < 1.29 is 0 Å². The van der Waals surface area contributed by atoms with Gasteiger partial charge in [0.05, 0.1) is 12.1 Å². The first-order valence-electron chi connectivity index (χ1n) is 5.48. The summed E-state index contributed by atoms with van der Waals surface area (Å²) in [6.45, 7) is 5.35. The van der Waals surface area contributed by atoms with Gasteiger partial charge < -0.3 is 5.32 Å². The van der Waals surface area contributed by atoms with E-state index in [4.69, 9.17) is 5.26 Å². The van der Waals surface area contributed by atoms with Crippen LogP contribution in [0, 0.1) is 11.3 Å². The Kier molecular flexibility index (Phi) is 9.13. The maximum atomic E-state index is 8.80. The molecule has 1 N–H and O–H groups in total. The molecule has 0 aliphatic carbocycles. The molecule has 0 aromatic heterocycles. The molecule has 2 nitrogen and oxygen atoms in total. The first-order valence-corrected chi connectivity index (χ1v) is 5.48. The van der Waals surface area contributed by atoms with Crippen molar-refractivity contribution in [2.24, 2.45) is 0 Å². The van der Waals surface area contributed by atoms with E-state index in [1.165, 1.54) is 25.7 Å². The summed E-state index contributed by atoms with van der Waals surface area (Å²) in [5, 5.41) is 12.1. The van der Waals surface area contributed by atoms with Crippen molar-refractivity contribution >= 4 is 0 Å². The van der Waals surface area contributed by atoms with Crippen LogP contribution in [0.25, 0.3) is 0 Å². The summed E-state index contributed by atoms with van der Waals surface area (Å²) in [5.74, 6) is 0. The summed E-state index contributed by atoms with van der Waals surface area (Å²) in [6, 6.07) is 2.38. The molecule has 0 aliphatic heterocycles. The van der Waals surface area contributed by atoms with Gasteiger partial charge in [-0.1, -0.05) is 39.5 Å². The van der Waals surface area contributed by atoms with Crippen LogP contribution >= 0.6 is 0 Å². The van der Waals surface area contributed by atoms with Gasteiger partial charge in [-0.2, -0.15) is 5.26 Å². The molecular formula is C11H22N2. The highest BCUT2D eigenvalue weighted by Gasteiger charge is 2.03. The number of unbranched alkanes of at least 4 members (excludes halogenated alkanes) is 3. The molecule has 76 valence electrons. The van der Waals surface area contributed by atoms with Gasteiger partial charge in [0.15, 0.2) is 0 Å². The highest BCUT2D eigenvalue weighted by molar-refractivity contribution is 4.89. The van der Waals surface area contributed by atoms with Crippen molar-refractivity contribution in [1.29, 1.82) is 5.26 Å². The quantitative estimate of drug-likeness (QED) is 0.586. The summed E-state index contributed by atoms with van der Waals surface area (Å²) in [4.78, 5) is 0. The minimum absolute atomic E-state index is 0.0804. The fourth-order valence-corrected chi connectivity index (χ4v) is 1.27. The van der Waals surface area contributed by atoms with Crippen LogP contribution in [0.4, 0.5) is 0 Å². The number of hydrogen-bond acceptors (Lipinski definition) is 2. The van der Waals surface area contributed by atoms with Crippen molar-refractivity contribution in [2.45, 2.75) is 58.4 Å². The number of nitrogens with one attached hydrogen (secondary N) is 1. The highest BCUT2D eigenvalue weighted by atomic mass is 14.9. The smallest absolute Gasteiger partial charge is 0.0952 e. The van der Waals surface area contributed by atoms with E-state index in [1.807, 2.05) is 0 Å². The lowest BCUT2D eigenvalue weighted by Crippen LogP contribution is -2.28. The van der Waals surface area contributed by atoms with Crippen LogP contribution in [-0.4, -0.2) is 12.6 Å². The second-order valence-electron chi connectivity index (χ2n) is 3.49. The Bertz CT molecular complexity index is 138. The van der Waals surface area contributed by atoms with Crippen LogP contribution in [0.5, 0.6) is 0 Å². The second-order valence-corrected chi connectivity index (χ2v) is 3.49. The predicted octanol–water partition coefficient (Wildman–Crippen LogP) is 2.85. The van der Waals surface area contributed by atoms with Crippen molar-refractivity contribution in [2.75, 3.05) is 6.54 Å².